The number of sulfonamides is 2. The third kappa shape index (κ3) is 5.38. The van der Waals surface area contributed by atoms with Crippen LogP contribution in [0.2, 0.25) is 0 Å². The lowest BCUT2D eigenvalue weighted by Gasteiger charge is -2.26. The van der Waals surface area contributed by atoms with E-state index < -0.39 is 26.0 Å². The van der Waals surface area contributed by atoms with Crippen LogP contribution in [-0.2, 0) is 36.0 Å². The van der Waals surface area contributed by atoms with E-state index in [1.165, 1.54) is 39.9 Å². The van der Waals surface area contributed by atoms with Gasteiger partial charge in [-0.2, -0.15) is 4.31 Å². The maximum absolute atomic E-state index is 12.6. The summed E-state index contributed by atoms with van der Waals surface area (Å²) in [6.45, 7) is 2.92. The van der Waals surface area contributed by atoms with Crippen molar-refractivity contribution in [3.63, 3.8) is 0 Å². The van der Waals surface area contributed by atoms with Crippen molar-refractivity contribution in [3.8, 4) is 0 Å². The van der Waals surface area contributed by atoms with E-state index >= 15 is 0 Å². The Hall–Kier alpha value is -1.90. The number of benzene rings is 1. The molecule has 1 aliphatic heterocycles. The third-order valence-corrected chi connectivity index (χ3v) is 8.07. The molecule has 10 nitrogen and oxygen atoms in total. The van der Waals surface area contributed by atoms with Crippen molar-refractivity contribution in [2.45, 2.75) is 23.1 Å². The molecule has 1 aromatic carbocycles. The number of aryl methyl sites for hydroxylation is 1. The Balaban J connectivity index is 1.64. The Bertz CT molecular complexity index is 1070. The van der Waals surface area contributed by atoms with Gasteiger partial charge >= 0.3 is 0 Å². The van der Waals surface area contributed by atoms with Crippen LogP contribution in [0.25, 0.3) is 0 Å². The van der Waals surface area contributed by atoms with Crippen LogP contribution in [0, 0.1) is 6.92 Å². The summed E-state index contributed by atoms with van der Waals surface area (Å²) in [5.74, 6) is -0.564. The van der Waals surface area contributed by atoms with Crippen molar-refractivity contribution >= 4 is 37.3 Å². The summed E-state index contributed by atoms with van der Waals surface area (Å²) >= 11 is 1.39. The highest BCUT2D eigenvalue weighted by Gasteiger charge is 2.27. The Morgan fingerprint density at radius 1 is 1.14 bits per heavy atom. The second kappa shape index (κ2) is 8.85. The maximum Gasteiger partial charge on any atom is 0.257 e. The first-order valence-electron chi connectivity index (χ1n) is 8.58. The van der Waals surface area contributed by atoms with Gasteiger partial charge in [0.2, 0.25) is 15.9 Å². The van der Waals surface area contributed by atoms with Crippen molar-refractivity contribution in [2.24, 2.45) is 0 Å². The second-order valence-electron chi connectivity index (χ2n) is 6.18. The normalized spacial score (nSPS) is 15.9. The Labute approximate surface area is 173 Å². The van der Waals surface area contributed by atoms with Gasteiger partial charge in [0.1, 0.15) is 0 Å². The largest absolute Gasteiger partial charge is 0.379 e. The van der Waals surface area contributed by atoms with Crippen LogP contribution >= 0.6 is 11.3 Å². The zero-order valence-electron chi connectivity index (χ0n) is 15.5. The topological polar surface area (TPSA) is 135 Å². The minimum Gasteiger partial charge on any atom is -0.379 e. The summed E-state index contributed by atoms with van der Waals surface area (Å²) in [6.07, 6.45) is -0.0659. The van der Waals surface area contributed by atoms with Crippen molar-refractivity contribution in [1.29, 1.82) is 0 Å². The van der Waals surface area contributed by atoms with Crippen LogP contribution in [0.5, 0.6) is 0 Å². The number of hydrogen-bond donors (Lipinski definition) is 2. The molecule has 3 rings (SSSR count). The molecule has 1 aliphatic rings. The van der Waals surface area contributed by atoms with E-state index in [2.05, 4.69) is 10.4 Å². The number of ether oxygens (including phenoxy) is 1. The lowest BCUT2D eigenvalue weighted by Crippen LogP contribution is -2.42. The highest BCUT2D eigenvalue weighted by Crippen LogP contribution is 2.19. The number of carbonyl (C=O) groups excluding carboxylic acids is 1. The fourth-order valence-corrected chi connectivity index (χ4v) is 5.49. The van der Waals surface area contributed by atoms with Crippen LogP contribution in [-0.4, -0.2) is 58.3 Å². The molecule has 0 spiro atoms. The fourth-order valence-electron chi connectivity index (χ4n) is 2.61. The first kappa shape index (κ1) is 21.8. The van der Waals surface area contributed by atoms with Crippen molar-refractivity contribution in [2.75, 3.05) is 26.3 Å². The van der Waals surface area contributed by atoms with Crippen molar-refractivity contribution in [3.05, 3.63) is 40.3 Å². The van der Waals surface area contributed by atoms with E-state index in [1.807, 2.05) is 4.83 Å². The fraction of sp³-hybridized carbons (Fsp3) is 0.375. The molecule has 29 heavy (non-hydrogen) atoms. The molecule has 2 N–H and O–H groups in total. The van der Waals surface area contributed by atoms with Gasteiger partial charge in [0.25, 0.3) is 10.0 Å². The number of hydrazine groups is 1. The number of aromatic nitrogens is 1. The number of hydrogen-bond acceptors (Lipinski definition) is 8. The summed E-state index contributed by atoms with van der Waals surface area (Å²) in [5.41, 5.74) is 2.67. The summed E-state index contributed by atoms with van der Waals surface area (Å²) in [4.78, 5) is 17.8. The lowest BCUT2D eigenvalue weighted by atomic mass is 10.3. The van der Waals surface area contributed by atoms with Crippen LogP contribution < -0.4 is 10.3 Å². The standard InChI is InChI=1S/C16H20N4O6S3/c1-12-17-13(11-27-12)10-16(21)18-19-28(22,23)14-2-4-15(5-3-14)29(24,25)20-6-8-26-9-7-20/h2-5,11,19H,6-10H2,1H3,(H,18,21). The van der Waals surface area contributed by atoms with Crippen LogP contribution in [0.3, 0.4) is 0 Å². The predicted molar refractivity (Wildman–Crippen MR) is 105 cm³/mol. The SMILES string of the molecule is Cc1nc(CC(=O)NNS(=O)(=O)c2ccc(S(=O)(=O)N3CCOCC3)cc2)cs1. The number of carbonyl (C=O) groups is 1. The Morgan fingerprint density at radius 2 is 1.76 bits per heavy atom. The monoisotopic (exact) mass is 460 g/mol. The molecule has 2 aromatic rings. The average Bonchev–Trinajstić information content (AvgIpc) is 3.12. The zero-order valence-corrected chi connectivity index (χ0v) is 17.9. The molecule has 0 unspecified atom stereocenters. The van der Waals surface area contributed by atoms with Gasteiger partial charge in [-0.3, -0.25) is 10.2 Å². The molecular weight excluding hydrogens is 440 g/mol. The third-order valence-electron chi connectivity index (χ3n) is 4.07. The van der Waals surface area contributed by atoms with Gasteiger partial charge < -0.3 is 4.74 Å². The first-order chi connectivity index (χ1) is 13.7. The predicted octanol–water partition coefficient (Wildman–Crippen LogP) is 0.0246. The van der Waals surface area contributed by atoms with Gasteiger partial charge in [-0.1, -0.05) is 0 Å². The van der Waals surface area contributed by atoms with E-state index in [4.69, 9.17) is 4.74 Å². The molecule has 0 saturated carbocycles. The van der Waals surface area contributed by atoms with Crippen LogP contribution in [0.1, 0.15) is 10.7 Å². The minimum atomic E-state index is -4.06. The summed E-state index contributed by atoms with van der Waals surface area (Å²) in [6, 6.07) is 4.79. The number of nitrogens with one attached hydrogen (secondary N) is 2. The quantitative estimate of drug-likeness (QED) is 0.556. The van der Waals surface area contributed by atoms with E-state index in [9.17, 15) is 21.6 Å². The number of amides is 1. The van der Waals surface area contributed by atoms with E-state index in [0.29, 0.717) is 18.9 Å². The lowest BCUT2D eigenvalue weighted by molar-refractivity contribution is -0.120. The molecule has 0 aliphatic carbocycles. The van der Waals surface area contributed by atoms with Gasteiger partial charge in [-0.05, 0) is 31.2 Å². The Morgan fingerprint density at radius 3 is 2.34 bits per heavy atom. The van der Waals surface area contributed by atoms with Gasteiger partial charge in [-0.15, -0.1) is 16.2 Å². The van der Waals surface area contributed by atoms with E-state index in [1.54, 1.807) is 12.3 Å². The molecule has 0 atom stereocenters. The Kier molecular flexibility index (Phi) is 6.65. The smallest absolute Gasteiger partial charge is 0.257 e. The molecule has 1 amide bonds. The summed E-state index contributed by atoms with van der Waals surface area (Å²) < 4.78 is 56.3. The molecule has 1 saturated heterocycles. The van der Waals surface area contributed by atoms with Gasteiger partial charge in [-0.25, -0.2) is 21.8 Å². The molecule has 13 heteroatoms. The summed E-state index contributed by atoms with van der Waals surface area (Å²) in [5, 5.41) is 2.53. The molecule has 2 heterocycles. The zero-order chi connectivity index (χ0) is 21.1. The highest BCUT2D eigenvalue weighted by molar-refractivity contribution is 7.89. The van der Waals surface area contributed by atoms with Gasteiger partial charge in [0.15, 0.2) is 0 Å². The first-order valence-corrected chi connectivity index (χ1v) is 12.4. The van der Waals surface area contributed by atoms with Gasteiger partial charge in [0.05, 0.1) is 40.1 Å². The number of thiazole rings is 1. The van der Waals surface area contributed by atoms with Crippen LogP contribution in [0.4, 0.5) is 0 Å². The number of rotatable bonds is 7. The molecule has 0 radical (unpaired) electrons. The summed E-state index contributed by atoms with van der Waals surface area (Å²) in [7, 11) is -7.78. The molecule has 158 valence electrons. The van der Waals surface area contributed by atoms with Gasteiger partial charge in [0, 0.05) is 18.5 Å². The van der Waals surface area contributed by atoms with Crippen molar-refractivity contribution < 1.29 is 26.4 Å². The minimum absolute atomic E-state index is 0.0127. The molecule has 1 aromatic heterocycles. The van der Waals surface area contributed by atoms with Crippen LogP contribution in [0.15, 0.2) is 39.4 Å². The second-order valence-corrected chi connectivity index (χ2v) is 10.9. The molecule has 0 bridgehead atoms. The molecular formula is C16H20N4O6S3. The number of nitrogens with zero attached hydrogens (tertiary/aromatic N) is 2. The highest BCUT2D eigenvalue weighted by atomic mass is 32.2. The van der Waals surface area contributed by atoms with Crippen molar-refractivity contribution in [1.82, 2.24) is 19.5 Å². The average molecular weight is 461 g/mol. The molecule has 1 fully saturated rings. The number of morpholine rings is 1. The van der Waals surface area contributed by atoms with E-state index in [0.717, 1.165) is 5.01 Å². The van der Waals surface area contributed by atoms with E-state index in [-0.39, 0.29) is 29.3 Å². The maximum atomic E-state index is 12.6.